The number of carbonyl (C=O) groups is 2. The predicted octanol–water partition coefficient (Wildman–Crippen LogP) is 17.7. The fourth-order valence-corrected chi connectivity index (χ4v) is 10.8. The van der Waals surface area contributed by atoms with Crippen molar-refractivity contribution in [3.63, 3.8) is 0 Å². The number of nitrogens with one attached hydrogen (secondary N) is 1. The lowest BCUT2D eigenvalue weighted by Crippen LogP contribution is -2.61. The number of unbranched alkanes of at least 4 members (excludes halogenated alkanes) is 38. The number of esters is 1. The van der Waals surface area contributed by atoms with E-state index in [4.69, 9.17) is 14.2 Å². The molecular weight excluding hydrogens is 1040 g/mol. The number of amides is 1. The van der Waals surface area contributed by atoms with Crippen molar-refractivity contribution >= 4 is 11.9 Å². The van der Waals surface area contributed by atoms with Crippen LogP contribution in [0.25, 0.3) is 0 Å². The van der Waals surface area contributed by atoms with Gasteiger partial charge in [-0.25, -0.2) is 0 Å². The van der Waals surface area contributed by atoms with E-state index < -0.39 is 67.4 Å². The molecule has 8 unspecified atom stereocenters. The Balaban J connectivity index is 2.57. The van der Waals surface area contributed by atoms with Gasteiger partial charge < -0.3 is 45.1 Å². The largest absolute Gasteiger partial charge is 0.454 e. The quantitative estimate of drug-likeness (QED) is 0.0195. The molecule has 0 saturated carbocycles. The molecule has 484 valence electrons. The Morgan fingerprint density at radius 2 is 0.831 bits per heavy atom. The summed E-state index contributed by atoms with van der Waals surface area (Å²) in [6.45, 7) is 5.78. The van der Waals surface area contributed by atoms with Crippen LogP contribution >= 0.6 is 0 Å². The number of aliphatic hydroxyl groups excluding tert-OH is 5. The average molecular weight is 1170 g/mol. The molecule has 1 heterocycles. The van der Waals surface area contributed by atoms with E-state index in [2.05, 4.69) is 74.7 Å². The summed E-state index contributed by atoms with van der Waals surface area (Å²) in [5.41, 5.74) is 0. The van der Waals surface area contributed by atoms with Crippen LogP contribution in [0.2, 0.25) is 0 Å². The van der Waals surface area contributed by atoms with Crippen LogP contribution in [0.1, 0.15) is 323 Å². The third kappa shape index (κ3) is 47.2. The van der Waals surface area contributed by atoms with Gasteiger partial charge in [0, 0.05) is 6.42 Å². The maximum absolute atomic E-state index is 13.5. The lowest BCUT2D eigenvalue weighted by molar-refractivity contribution is -0.305. The van der Waals surface area contributed by atoms with Crippen LogP contribution in [0.5, 0.6) is 0 Å². The molecule has 0 bridgehead atoms. The van der Waals surface area contributed by atoms with E-state index in [0.717, 1.165) is 89.9 Å². The first kappa shape index (κ1) is 78.4. The molecule has 1 saturated heterocycles. The minimum Gasteiger partial charge on any atom is -0.454 e. The summed E-state index contributed by atoms with van der Waals surface area (Å²) in [5.74, 6) is -1.20. The normalized spacial score (nSPS) is 18.9. The van der Waals surface area contributed by atoms with Crippen molar-refractivity contribution in [2.24, 2.45) is 0 Å². The molecule has 0 radical (unpaired) electrons. The standard InChI is InChI=1S/C72H131NO10/c1-4-7-10-13-16-19-22-24-26-28-30-31-32-33-34-36-37-39-41-44-47-50-53-56-59-65(76)71(80)73-63(64(75)58-55-52-49-46-43-21-18-15-12-9-6-3)62-81-72-70(69(79)68(78)66(61-74)82-72)83-67(77)60-57-54-51-48-45-42-40-38-35-29-27-25-23-20-17-14-11-8-5-2/h17,20,24-27,35,38,55,58,63-66,68-70,72,74-76,78-79H,4-16,18-19,21-23,28-34,36-37,39-54,56-57,59-62H2,1-3H3,(H,73,80)/b20-17-,26-24+,27-25-,38-35-,58-55+. The number of rotatable bonds is 60. The predicted molar refractivity (Wildman–Crippen MR) is 347 cm³/mol. The molecule has 1 rings (SSSR count). The zero-order valence-electron chi connectivity index (χ0n) is 53.8. The molecule has 0 aromatic rings. The zero-order chi connectivity index (χ0) is 60.3. The monoisotopic (exact) mass is 1170 g/mol. The number of hydrogen-bond donors (Lipinski definition) is 6. The second-order valence-corrected chi connectivity index (χ2v) is 24.3. The first-order valence-corrected chi connectivity index (χ1v) is 35.1. The van der Waals surface area contributed by atoms with Gasteiger partial charge in [-0.2, -0.15) is 0 Å². The van der Waals surface area contributed by atoms with Crippen LogP contribution in [-0.4, -0.2) is 99.6 Å². The summed E-state index contributed by atoms with van der Waals surface area (Å²) in [7, 11) is 0. The summed E-state index contributed by atoms with van der Waals surface area (Å²) in [6, 6.07) is -1.03. The molecule has 1 fully saturated rings. The van der Waals surface area contributed by atoms with E-state index in [9.17, 15) is 35.1 Å². The van der Waals surface area contributed by atoms with Gasteiger partial charge in [-0.15, -0.1) is 0 Å². The summed E-state index contributed by atoms with van der Waals surface area (Å²) in [4.78, 5) is 26.6. The summed E-state index contributed by atoms with van der Waals surface area (Å²) in [6.07, 6.45) is 65.5. The van der Waals surface area contributed by atoms with E-state index in [0.29, 0.717) is 19.3 Å². The van der Waals surface area contributed by atoms with Crippen LogP contribution in [0.3, 0.4) is 0 Å². The highest BCUT2D eigenvalue weighted by molar-refractivity contribution is 5.80. The van der Waals surface area contributed by atoms with Gasteiger partial charge in [0.1, 0.15) is 24.4 Å². The molecule has 11 nitrogen and oxygen atoms in total. The Kier molecular flexibility index (Phi) is 56.4. The Morgan fingerprint density at radius 1 is 0.470 bits per heavy atom. The first-order chi connectivity index (χ1) is 40.7. The first-order valence-electron chi connectivity index (χ1n) is 35.1. The van der Waals surface area contributed by atoms with Crippen LogP contribution < -0.4 is 5.32 Å². The molecule has 1 aliphatic rings. The van der Waals surface area contributed by atoms with Crippen molar-refractivity contribution < 1.29 is 49.3 Å². The number of hydrogen-bond acceptors (Lipinski definition) is 10. The average Bonchev–Trinajstić information content (AvgIpc) is 3.69. The van der Waals surface area contributed by atoms with Crippen LogP contribution in [0.15, 0.2) is 60.8 Å². The molecule has 0 aromatic carbocycles. The van der Waals surface area contributed by atoms with Gasteiger partial charge in [0.15, 0.2) is 12.4 Å². The van der Waals surface area contributed by atoms with Gasteiger partial charge in [-0.05, 0) is 89.9 Å². The van der Waals surface area contributed by atoms with Crippen LogP contribution in [0.4, 0.5) is 0 Å². The Labute approximate surface area is 509 Å². The molecule has 8 atom stereocenters. The highest BCUT2D eigenvalue weighted by Gasteiger charge is 2.47. The minimum atomic E-state index is -1.62. The van der Waals surface area contributed by atoms with E-state index >= 15 is 0 Å². The van der Waals surface area contributed by atoms with Crippen molar-refractivity contribution in [1.29, 1.82) is 0 Å². The van der Waals surface area contributed by atoms with Gasteiger partial charge in [-0.3, -0.25) is 9.59 Å². The van der Waals surface area contributed by atoms with Gasteiger partial charge in [0.05, 0.1) is 25.4 Å². The number of carbonyl (C=O) groups excluding carboxylic acids is 2. The highest BCUT2D eigenvalue weighted by atomic mass is 16.7. The molecule has 6 N–H and O–H groups in total. The van der Waals surface area contributed by atoms with E-state index in [1.807, 2.05) is 6.08 Å². The van der Waals surface area contributed by atoms with Crippen molar-refractivity contribution in [2.75, 3.05) is 13.2 Å². The van der Waals surface area contributed by atoms with E-state index in [1.54, 1.807) is 6.08 Å². The van der Waals surface area contributed by atoms with Crippen molar-refractivity contribution in [1.82, 2.24) is 5.32 Å². The van der Waals surface area contributed by atoms with Crippen LogP contribution in [0, 0.1) is 0 Å². The molecule has 0 aromatic heterocycles. The number of ether oxygens (including phenoxy) is 3. The van der Waals surface area contributed by atoms with Gasteiger partial charge in [0.2, 0.25) is 5.91 Å². The van der Waals surface area contributed by atoms with Gasteiger partial charge >= 0.3 is 5.97 Å². The smallest absolute Gasteiger partial charge is 0.306 e. The fourth-order valence-electron chi connectivity index (χ4n) is 10.8. The lowest BCUT2D eigenvalue weighted by atomic mass is 9.99. The Bertz CT molecular complexity index is 1580. The summed E-state index contributed by atoms with van der Waals surface area (Å²) in [5, 5.41) is 57.2. The molecular formula is C72H131NO10. The Hall–Kier alpha value is -2.64. The molecule has 0 spiro atoms. The van der Waals surface area contributed by atoms with Crippen molar-refractivity contribution in [2.45, 2.75) is 372 Å². The van der Waals surface area contributed by atoms with E-state index in [-0.39, 0.29) is 13.0 Å². The third-order valence-corrected chi connectivity index (χ3v) is 16.4. The zero-order valence-corrected chi connectivity index (χ0v) is 53.8. The summed E-state index contributed by atoms with van der Waals surface area (Å²) < 4.78 is 17.7. The maximum atomic E-state index is 13.5. The van der Waals surface area contributed by atoms with Gasteiger partial charge in [-0.1, -0.05) is 287 Å². The second kappa shape index (κ2) is 59.7. The molecule has 11 heteroatoms. The maximum Gasteiger partial charge on any atom is 0.306 e. The Morgan fingerprint density at radius 3 is 1.28 bits per heavy atom. The second-order valence-electron chi connectivity index (χ2n) is 24.3. The third-order valence-electron chi connectivity index (χ3n) is 16.4. The molecule has 1 aliphatic heterocycles. The fraction of sp³-hybridized carbons (Fsp3) is 0.833. The van der Waals surface area contributed by atoms with Crippen molar-refractivity contribution in [3.05, 3.63) is 60.8 Å². The topological polar surface area (TPSA) is 175 Å². The van der Waals surface area contributed by atoms with E-state index in [1.165, 1.54) is 186 Å². The molecule has 1 amide bonds. The SMILES string of the molecule is CCCCC/C=C\C/C=C\C/C=C\CCCCCCCCC(=O)OC1C(OCC(NC(=O)C(O)CCCCCCCCCCCCCCCC/C=C/CCCCCCCC)C(O)/C=C/CCCCCCCCCCC)OC(CO)C(O)C1O. The molecule has 0 aliphatic carbocycles. The van der Waals surface area contributed by atoms with Crippen molar-refractivity contribution in [3.8, 4) is 0 Å². The molecule has 83 heavy (non-hydrogen) atoms. The summed E-state index contributed by atoms with van der Waals surface area (Å²) >= 11 is 0. The number of aliphatic hydroxyl groups is 5. The van der Waals surface area contributed by atoms with Gasteiger partial charge in [0.25, 0.3) is 0 Å². The number of allylic oxidation sites excluding steroid dienone is 9. The highest BCUT2D eigenvalue weighted by Crippen LogP contribution is 2.26. The van der Waals surface area contributed by atoms with Crippen LogP contribution in [-0.2, 0) is 23.8 Å². The minimum absolute atomic E-state index is 0.109. The lowest BCUT2D eigenvalue weighted by Gasteiger charge is -2.41.